The van der Waals surface area contributed by atoms with Crippen molar-refractivity contribution in [1.82, 2.24) is 5.32 Å². The lowest BCUT2D eigenvalue weighted by Crippen LogP contribution is -2.30. The van der Waals surface area contributed by atoms with E-state index in [4.69, 9.17) is 17.0 Å². The first-order valence-corrected chi connectivity index (χ1v) is 9.11. The highest BCUT2D eigenvalue weighted by Crippen LogP contribution is 2.24. The van der Waals surface area contributed by atoms with Crippen molar-refractivity contribution in [2.45, 2.75) is 46.1 Å². The van der Waals surface area contributed by atoms with Gasteiger partial charge in [0.15, 0.2) is 5.11 Å². The molecule has 25 heavy (non-hydrogen) atoms. The highest BCUT2D eigenvalue weighted by Gasteiger charge is 2.14. The van der Waals surface area contributed by atoms with Gasteiger partial charge in [0, 0.05) is 5.69 Å². The molecular formula is C21H28N2OS. The van der Waals surface area contributed by atoms with Crippen molar-refractivity contribution in [3.05, 3.63) is 59.7 Å². The van der Waals surface area contributed by atoms with Crippen LogP contribution < -0.4 is 15.4 Å². The van der Waals surface area contributed by atoms with Crippen molar-refractivity contribution in [3.8, 4) is 5.75 Å². The fourth-order valence-electron chi connectivity index (χ4n) is 2.52. The minimum atomic E-state index is 0.136. The van der Waals surface area contributed by atoms with Crippen LogP contribution in [-0.2, 0) is 5.41 Å². The van der Waals surface area contributed by atoms with Gasteiger partial charge in [0.05, 0.1) is 12.6 Å². The van der Waals surface area contributed by atoms with Crippen LogP contribution in [0, 0.1) is 0 Å². The van der Waals surface area contributed by atoms with E-state index in [1.54, 1.807) is 0 Å². The van der Waals surface area contributed by atoms with Gasteiger partial charge in [-0.05, 0) is 66.9 Å². The van der Waals surface area contributed by atoms with Gasteiger partial charge in [-0.2, -0.15) is 0 Å². The van der Waals surface area contributed by atoms with E-state index >= 15 is 0 Å². The van der Waals surface area contributed by atoms with Crippen LogP contribution in [-0.4, -0.2) is 11.7 Å². The summed E-state index contributed by atoms with van der Waals surface area (Å²) in [5.74, 6) is 0.860. The molecule has 4 heteroatoms. The molecule has 0 heterocycles. The standard InChI is InChI=1S/C21H28N2OS/c1-6-24-19-13-11-18(12-14-19)23-20(25)22-15(2)16-7-9-17(10-8-16)21(3,4)5/h7-15H,6H2,1-5H3,(H2,22,23,25). The number of thiocarbonyl (C=S) groups is 1. The summed E-state index contributed by atoms with van der Waals surface area (Å²) < 4.78 is 5.45. The predicted octanol–water partition coefficient (Wildman–Crippen LogP) is 5.43. The third-order valence-electron chi connectivity index (χ3n) is 4.05. The molecule has 2 aromatic carbocycles. The Labute approximate surface area is 156 Å². The van der Waals surface area contributed by atoms with Crippen molar-refractivity contribution in [2.75, 3.05) is 11.9 Å². The van der Waals surface area contributed by atoms with Gasteiger partial charge in [0.2, 0.25) is 0 Å². The Morgan fingerprint density at radius 2 is 1.64 bits per heavy atom. The second-order valence-electron chi connectivity index (χ2n) is 7.15. The molecule has 0 aromatic heterocycles. The normalized spacial score (nSPS) is 12.4. The van der Waals surface area contributed by atoms with E-state index < -0.39 is 0 Å². The molecular weight excluding hydrogens is 328 g/mol. The zero-order valence-electron chi connectivity index (χ0n) is 15.7. The average molecular weight is 357 g/mol. The molecule has 2 N–H and O–H groups in total. The lowest BCUT2D eigenvalue weighted by Gasteiger charge is -2.21. The maximum absolute atomic E-state index is 5.45. The molecule has 0 saturated carbocycles. The Bertz CT molecular complexity index is 687. The van der Waals surface area contributed by atoms with Gasteiger partial charge in [-0.1, -0.05) is 45.0 Å². The molecule has 0 aliphatic heterocycles. The molecule has 0 bridgehead atoms. The minimum absolute atomic E-state index is 0.136. The van der Waals surface area contributed by atoms with E-state index in [-0.39, 0.29) is 11.5 Å². The maximum atomic E-state index is 5.45. The van der Waals surface area contributed by atoms with Gasteiger partial charge in [-0.15, -0.1) is 0 Å². The van der Waals surface area contributed by atoms with Crippen LogP contribution in [0.3, 0.4) is 0 Å². The highest BCUT2D eigenvalue weighted by molar-refractivity contribution is 7.80. The molecule has 0 aliphatic rings. The molecule has 2 aromatic rings. The molecule has 1 unspecified atom stereocenters. The van der Waals surface area contributed by atoms with Gasteiger partial charge in [-0.25, -0.2) is 0 Å². The van der Waals surface area contributed by atoms with Crippen LogP contribution in [0.4, 0.5) is 5.69 Å². The molecule has 134 valence electrons. The molecule has 3 nitrogen and oxygen atoms in total. The van der Waals surface area contributed by atoms with Crippen molar-refractivity contribution < 1.29 is 4.74 Å². The fourth-order valence-corrected chi connectivity index (χ4v) is 2.81. The summed E-state index contributed by atoms with van der Waals surface area (Å²) in [6.07, 6.45) is 0. The molecule has 0 aliphatic carbocycles. The topological polar surface area (TPSA) is 33.3 Å². The Morgan fingerprint density at radius 3 is 2.16 bits per heavy atom. The van der Waals surface area contributed by atoms with Gasteiger partial charge in [0.1, 0.15) is 5.75 Å². The second kappa shape index (κ2) is 8.34. The first-order valence-electron chi connectivity index (χ1n) is 8.70. The first kappa shape index (κ1) is 19.3. The van der Waals surface area contributed by atoms with E-state index in [0.29, 0.717) is 11.7 Å². The Hall–Kier alpha value is -2.07. The number of rotatable bonds is 5. The molecule has 1 atom stereocenters. The molecule has 0 saturated heterocycles. The van der Waals surface area contributed by atoms with Gasteiger partial charge in [-0.3, -0.25) is 0 Å². The smallest absolute Gasteiger partial charge is 0.171 e. The van der Waals surface area contributed by atoms with Gasteiger partial charge in [0.25, 0.3) is 0 Å². The SMILES string of the molecule is CCOc1ccc(NC(=S)NC(C)c2ccc(C(C)(C)C)cc2)cc1. The third-order valence-corrected chi connectivity index (χ3v) is 4.27. The number of benzene rings is 2. The fraction of sp³-hybridized carbons (Fsp3) is 0.381. The number of hydrogen-bond donors (Lipinski definition) is 2. The number of anilines is 1. The van der Waals surface area contributed by atoms with Gasteiger partial charge >= 0.3 is 0 Å². The summed E-state index contributed by atoms with van der Waals surface area (Å²) in [5, 5.41) is 7.15. The summed E-state index contributed by atoms with van der Waals surface area (Å²) in [6.45, 7) is 11.4. The monoisotopic (exact) mass is 356 g/mol. The van der Waals surface area contributed by atoms with Crippen LogP contribution in [0.25, 0.3) is 0 Å². The Balaban J connectivity index is 1.93. The van der Waals surface area contributed by atoms with Crippen LogP contribution in [0.15, 0.2) is 48.5 Å². The summed E-state index contributed by atoms with van der Waals surface area (Å²) in [6, 6.07) is 16.6. The van der Waals surface area contributed by atoms with Crippen LogP contribution >= 0.6 is 12.2 Å². The van der Waals surface area contributed by atoms with E-state index in [1.807, 2.05) is 31.2 Å². The molecule has 0 fully saturated rings. The zero-order valence-corrected chi connectivity index (χ0v) is 16.5. The third kappa shape index (κ3) is 5.75. The molecule has 0 spiro atoms. The zero-order chi connectivity index (χ0) is 18.4. The summed E-state index contributed by atoms with van der Waals surface area (Å²) in [5.41, 5.74) is 3.65. The van der Waals surface area contributed by atoms with Crippen LogP contribution in [0.2, 0.25) is 0 Å². The molecule has 2 rings (SSSR count). The number of hydrogen-bond acceptors (Lipinski definition) is 2. The average Bonchev–Trinajstić information content (AvgIpc) is 2.56. The van der Waals surface area contributed by atoms with Gasteiger partial charge < -0.3 is 15.4 Å². The molecule has 0 amide bonds. The Kier molecular flexibility index (Phi) is 6.43. The number of nitrogens with one attached hydrogen (secondary N) is 2. The van der Waals surface area contributed by atoms with Crippen molar-refractivity contribution in [1.29, 1.82) is 0 Å². The minimum Gasteiger partial charge on any atom is -0.494 e. The second-order valence-corrected chi connectivity index (χ2v) is 7.56. The molecule has 0 radical (unpaired) electrons. The maximum Gasteiger partial charge on any atom is 0.171 e. The largest absolute Gasteiger partial charge is 0.494 e. The number of ether oxygens (including phenoxy) is 1. The van der Waals surface area contributed by atoms with Crippen LogP contribution in [0.1, 0.15) is 51.8 Å². The summed E-state index contributed by atoms with van der Waals surface area (Å²) in [7, 11) is 0. The predicted molar refractivity (Wildman–Crippen MR) is 111 cm³/mol. The lowest BCUT2D eigenvalue weighted by molar-refractivity contribution is 0.340. The van der Waals surface area contributed by atoms with E-state index in [0.717, 1.165) is 11.4 Å². The van der Waals surface area contributed by atoms with Crippen molar-refractivity contribution in [2.24, 2.45) is 0 Å². The van der Waals surface area contributed by atoms with Crippen LogP contribution in [0.5, 0.6) is 5.75 Å². The van der Waals surface area contributed by atoms with E-state index in [1.165, 1.54) is 11.1 Å². The highest BCUT2D eigenvalue weighted by atomic mass is 32.1. The van der Waals surface area contributed by atoms with E-state index in [9.17, 15) is 0 Å². The summed E-state index contributed by atoms with van der Waals surface area (Å²) in [4.78, 5) is 0. The van der Waals surface area contributed by atoms with Crippen molar-refractivity contribution in [3.63, 3.8) is 0 Å². The summed E-state index contributed by atoms with van der Waals surface area (Å²) >= 11 is 5.43. The van der Waals surface area contributed by atoms with E-state index in [2.05, 4.69) is 62.6 Å². The Morgan fingerprint density at radius 1 is 1.04 bits per heavy atom. The quantitative estimate of drug-likeness (QED) is 0.700. The lowest BCUT2D eigenvalue weighted by atomic mass is 9.86. The first-order chi connectivity index (χ1) is 11.8. The van der Waals surface area contributed by atoms with Crippen molar-refractivity contribution >= 4 is 23.0 Å².